The molecule has 0 bridgehead atoms. The molecular formula is C12H14ClN3O2S. The largest absolute Gasteiger partial charge is 0.337 e. The minimum absolute atomic E-state index is 0.0135. The van der Waals surface area contributed by atoms with Crippen molar-refractivity contribution in [1.29, 1.82) is 0 Å². The summed E-state index contributed by atoms with van der Waals surface area (Å²) in [5, 5.41) is 0.543. The molecule has 0 aliphatic carbocycles. The maximum atomic E-state index is 12.1. The molecule has 1 heterocycles. The highest BCUT2D eigenvalue weighted by Crippen LogP contribution is 2.15. The zero-order chi connectivity index (χ0) is 14.0. The molecule has 0 fully saturated rings. The zero-order valence-corrected chi connectivity index (χ0v) is 12.2. The molecule has 19 heavy (non-hydrogen) atoms. The second kappa shape index (κ2) is 5.32. The van der Waals surface area contributed by atoms with E-state index in [4.69, 9.17) is 11.6 Å². The van der Waals surface area contributed by atoms with Crippen molar-refractivity contribution in [2.24, 2.45) is 7.05 Å². The maximum absolute atomic E-state index is 12.1. The second-order valence-electron chi connectivity index (χ2n) is 4.15. The number of hydrogen-bond acceptors (Lipinski definition) is 3. The first kappa shape index (κ1) is 14.0. The molecule has 7 heteroatoms. The Morgan fingerprint density at radius 3 is 2.63 bits per heavy atom. The van der Waals surface area contributed by atoms with Gasteiger partial charge in [-0.15, -0.1) is 0 Å². The van der Waals surface area contributed by atoms with Crippen LogP contribution in [0.15, 0.2) is 35.5 Å². The van der Waals surface area contributed by atoms with Crippen molar-refractivity contribution in [1.82, 2.24) is 14.3 Å². The van der Waals surface area contributed by atoms with E-state index in [1.807, 2.05) is 0 Å². The summed E-state index contributed by atoms with van der Waals surface area (Å²) >= 11 is 5.97. The van der Waals surface area contributed by atoms with Crippen LogP contribution in [0.2, 0.25) is 5.02 Å². The first-order chi connectivity index (χ1) is 8.90. The van der Waals surface area contributed by atoms with Gasteiger partial charge in [-0.05, 0) is 18.6 Å². The first-order valence-electron chi connectivity index (χ1n) is 5.63. The number of halogens is 1. The molecule has 2 rings (SSSR count). The Morgan fingerprint density at radius 1 is 1.37 bits per heavy atom. The summed E-state index contributed by atoms with van der Waals surface area (Å²) in [4.78, 5) is 4.00. The molecule has 5 nitrogen and oxygen atoms in total. The summed E-state index contributed by atoms with van der Waals surface area (Å²) in [6.45, 7) is 1.88. The van der Waals surface area contributed by atoms with Crippen molar-refractivity contribution in [3.05, 3.63) is 46.9 Å². The van der Waals surface area contributed by atoms with Gasteiger partial charge in [-0.3, -0.25) is 0 Å². The van der Waals surface area contributed by atoms with Crippen molar-refractivity contribution in [2.75, 3.05) is 0 Å². The fourth-order valence-corrected chi connectivity index (χ4v) is 2.79. The molecule has 1 N–H and O–H groups in total. The van der Waals surface area contributed by atoms with Crippen molar-refractivity contribution < 1.29 is 8.42 Å². The van der Waals surface area contributed by atoms with E-state index in [-0.39, 0.29) is 11.6 Å². The number of sulfonamides is 1. The summed E-state index contributed by atoms with van der Waals surface area (Å²) in [7, 11) is -1.87. The van der Waals surface area contributed by atoms with Gasteiger partial charge < -0.3 is 4.57 Å². The van der Waals surface area contributed by atoms with E-state index in [1.54, 1.807) is 42.8 Å². The summed E-state index contributed by atoms with van der Waals surface area (Å²) in [5.41, 5.74) is 0.723. The van der Waals surface area contributed by atoms with Crippen LogP contribution in [0.5, 0.6) is 0 Å². The van der Waals surface area contributed by atoms with Gasteiger partial charge in [-0.1, -0.05) is 29.8 Å². The Morgan fingerprint density at radius 2 is 2.05 bits per heavy atom. The number of nitrogens with one attached hydrogen (secondary N) is 1. The number of aryl methyl sites for hydroxylation is 2. The van der Waals surface area contributed by atoms with Crippen LogP contribution in [-0.2, 0) is 23.6 Å². The highest BCUT2D eigenvalue weighted by molar-refractivity contribution is 7.89. The van der Waals surface area contributed by atoms with Crippen LogP contribution in [0.1, 0.15) is 11.4 Å². The Labute approximate surface area is 117 Å². The predicted octanol–water partition coefficient (Wildman–Crippen LogP) is 1.86. The van der Waals surface area contributed by atoms with Gasteiger partial charge in [0.1, 0.15) is 5.82 Å². The smallest absolute Gasteiger partial charge is 0.259 e. The lowest BCUT2D eigenvalue weighted by Crippen LogP contribution is -2.23. The number of aromatic nitrogens is 2. The fourth-order valence-electron chi connectivity index (χ4n) is 1.54. The Hall–Kier alpha value is -1.37. The molecule has 1 aromatic heterocycles. The van der Waals surface area contributed by atoms with Crippen molar-refractivity contribution in [3.63, 3.8) is 0 Å². The molecule has 1 aromatic carbocycles. The van der Waals surface area contributed by atoms with Gasteiger partial charge in [-0.25, -0.2) is 18.1 Å². The molecule has 0 radical (unpaired) electrons. The van der Waals surface area contributed by atoms with Crippen LogP contribution >= 0.6 is 11.6 Å². The molecule has 0 spiro atoms. The van der Waals surface area contributed by atoms with Gasteiger partial charge in [-0.2, -0.15) is 0 Å². The van der Waals surface area contributed by atoms with Crippen LogP contribution in [0.3, 0.4) is 0 Å². The van der Waals surface area contributed by atoms with E-state index in [2.05, 4.69) is 9.71 Å². The standard InChI is InChI=1S/C12H14ClN3O2S/c1-9-15-12(8-16(9)2)19(17,18)14-7-10-5-3-4-6-11(10)13/h3-6,8,14H,7H2,1-2H3. The quantitative estimate of drug-likeness (QED) is 0.937. The van der Waals surface area contributed by atoms with E-state index in [9.17, 15) is 8.42 Å². The molecule has 2 aromatic rings. The van der Waals surface area contributed by atoms with Crippen LogP contribution in [0.4, 0.5) is 0 Å². The average molecular weight is 300 g/mol. The average Bonchev–Trinajstić information content (AvgIpc) is 2.70. The molecule has 0 aliphatic heterocycles. The fraction of sp³-hybridized carbons (Fsp3) is 0.250. The molecule has 0 saturated carbocycles. The number of imidazole rings is 1. The molecule has 0 atom stereocenters. The minimum atomic E-state index is -3.62. The highest BCUT2D eigenvalue weighted by Gasteiger charge is 2.18. The number of nitrogens with zero attached hydrogens (tertiary/aromatic N) is 2. The molecule has 0 amide bonds. The van der Waals surface area contributed by atoms with Gasteiger partial charge in [0.15, 0.2) is 5.03 Å². The maximum Gasteiger partial charge on any atom is 0.259 e. The van der Waals surface area contributed by atoms with Crippen LogP contribution in [-0.4, -0.2) is 18.0 Å². The molecule has 102 valence electrons. The van der Waals surface area contributed by atoms with E-state index < -0.39 is 10.0 Å². The third-order valence-corrected chi connectivity index (χ3v) is 4.41. The van der Waals surface area contributed by atoms with Gasteiger partial charge >= 0.3 is 0 Å². The van der Waals surface area contributed by atoms with E-state index in [0.717, 1.165) is 5.56 Å². The third kappa shape index (κ3) is 3.15. The predicted molar refractivity (Wildman–Crippen MR) is 73.4 cm³/mol. The van der Waals surface area contributed by atoms with Crippen molar-refractivity contribution in [2.45, 2.75) is 18.5 Å². The Bertz CT molecular complexity index is 675. The molecule has 0 aliphatic rings. The van der Waals surface area contributed by atoms with Crippen molar-refractivity contribution >= 4 is 21.6 Å². The lowest BCUT2D eigenvalue weighted by molar-refractivity contribution is 0.578. The normalized spacial score (nSPS) is 11.7. The van der Waals surface area contributed by atoms with E-state index >= 15 is 0 Å². The molecular weight excluding hydrogens is 286 g/mol. The van der Waals surface area contributed by atoms with Gasteiger partial charge in [0.05, 0.1) is 0 Å². The second-order valence-corrected chi connectivity index (χ2v) is 6.27. The van der Waals surface area contributed by atoms with Gasteiger partial charge in [0, 0.05) is 24.8 Å². The van der Waals surface area contributed by atoms with Gasteiger partial charge in [0.2, 0.25) is 0 Å². The molecule has 0 unspecified atom stereocenters. The van der Waals surface area contributed by atoms with E-state index in [1.165, 1.54) is 6.20 Å². The zero-order valence-electron chi connectivity index (χ0n) is 10.6. The summed E-state index contributed by atoms with van der Waals surface area (Å²) in [6.07, 6.45) is 1.48. The summed E-state index contributed by atoms with van der Waals surface area (Å²) < 4.78 is 28.2. The number of hydrogen-bond donors (Lipinski definition) is 1. The van der Waals surface area contributed by atoms with Crippen molar-refractivity contribution in [3.8, 4) is 0 Å². The van der Waals surface area contributed by atoms with Crippen LogP contribution < -0.4 is 4.72 Å². The highest BCUT2D eigenvalue weighted by atomic mass is 35.5. The monoisotopic (exact) mass is 299 g/mol. The van der Waals surface area contributed by atoms with Crippen LogP contribution in [0, 0.1) is 6.92 Å². The Kier molecular flexibility index (Phi) is 3.93. The third-order valence-electron chi connectivity index (χ3n) is 2.77. The van der Waals surface area contributed by atoms with E-state index in [0.29, 0.717) is 10.8 Å². The summed E-state index contributed by atoms with van der Waals surface area (Å²) in [6, 6.07) is 7.09. The SMILES string of the molecule is Cc1nc(S(=O)(=O)NCc2ccccc2Cl)cn1C. The number of benzene rings is 1. The Balaban J connectivity index is 2.17. The van der Waals surface area contributed by atoms with Crippen LogP contribution in [0.25, 0.3) is 0 Å². The lowest BCUT2D eigenvalue weighted by Gasteiger charge is -2.05. The molecule has 0 saturated heterocycles. The number of rotatable bonds is 4. The minimum Gasteiger partial charge on any atom is -0.337 e. The summed E-state index contributed by atoms with van der Waals surface area (Å²) in [5.74, 6) is 0.637. The van der Waals surface area contributed by atoms with Gasteiger partial charge in [0.25, 0.3) is 10.0 Å². The lowest BCUT2D eigenvalue weighted by atomic mass is 10.2. The topological polar surface area (TPSA) is 64.0 Å². The first-order valence-corrected chi connectivity index (χ1v) is 7.49.